The maximum absolute atomic E-state index is 13.4. The van der Waals surface area contributed by atoms with Gasteiger partial charge in [-0.05, 0) is 72.7 Å². The second-order valence-corrected chi connectivity index (χ2v) is 11.4. The van der Waals surface area contributed by atoms with E-state index in [9.17, 15) is 39.3 Å². The number of phenols is 1. The number of carbonyl (C=O) groups is 5. The second kappa shape index (κ2) is 17.7. The lowest BCUT2D eigenvalue weighted by molar-refractivity contribution is -0.142. The molecule has 3 atom stereocenters. The molecule has 0 radical (unpaired) electrons. The molecule has 0 aliphatic heterocycles. The highest BCUT2D eigenvalue weighted by Gasteiger charge is 2.27. The van der Waals surface area contributed by atoms with Crippen LogP contribution in [-0.2, 0) is 25.6 Å². The fourth-order valence-corrected chi connectivity index (χ4v) is 4.71. The van der Waals surface area contributed by atoms with Crippen molar-refractivity contribution >= 4 is 41.2 Å². The minimum Gasteiger partial charge on any atom is -0.508 e. The van der Waals surface area contributed by atoms with Gasteiger partial charge < -0.3 is 36.6 Å². The third-order valence-corrected chi connectivity index (χ3v) is 7.09. The van der Waals surface area contributed by atoms with Gasteiger partial charge in [0.25, 0.3) is 0 Å². The molecule has 3 aromatic rings. The number of phenolic OH excluding ortho intramolecular Hbond substituents is 1. The van der Waals surface area contributed by atoms with Crippen LogP contribution in [0.25, 0.3) is 0 Å². The van der Waals surface area contributed by atoms with E-state index in [1.165, 1.54) is 24.3 Å². The van der Waals surface area contributed by atoms with Crippen molar-refractivity contribution in [3.8, 4) is 5.75 Å². The van der Waals surface area contributed by atoms with E-state index in [4.69, 9.17) is 0 Å². The van der Waals surface area contributed by atoms with Gasteiger partial charge in [-0.2, -0.15) is 0 Å². The Bertz CT molecular complexity index is 1540. The number of rotatable bonds is 16. The first kappa shape index (κ1) is 35.8. The van der Waals surface area contributed by atoms with Crippen LogP contribution in [0.5, 0.6) is 5.75 Å². The molecule has 0 aliphatic rings. The SMILES string of the molecule is CC(C)CC(C(=O)NC(CC=CCC(NC(=O)Cc1ccccc1)C(=O)O)C(=O)O)c1ccc(NC(=O)Nc2ccc(O)cc2)cc1. The number of aromatic hydroxyl groups is 1. The average Bonchev–Trinajstić information content (AvgIpc) is 3.02. The number of hydrogen-bond donors (Lipinski definition) is 7. The van der Waals surface area contributed by atoms with E-state index < -0.39 is 47.8 Å². The summed E-state index contributed by atoms with van der Waals surface area (Å²) in [5.41, 5.74) is 2.33. The summed E-state index contributed by atoms with van der Waals surface area (Å²) in [6.45, 7) is 3.89. The van der Waals surface area contributed by atoms with Gasteiger partial charge in [0, 0.05) is 11.4 Å². The maximum Gasteiger partial charge on any atom is 0.326 e. The van der Waals surface area contributed by atoms with Crippen LogP contribution in [0.1, 0.15) is 50.2 Å². The van der Waals surface area contributed by atoms with Crippen LogP contribution < -0.4 is 21.3 Å². The summed E-state index contributed by atoms with van der Waals surface area (Å²) in [7, 11) is 0. The molecule has 0 saturated heterocycles. The van der Waals surface area contributed by atoms with Gasteiger partial charge in [0.05, 0.1) is 12.3 Å². The topological polar surface area (TPSA) is 194 Å². The summed E-state index contributed by atoms with van der Waals surface area (Å²) in [5, 5.41) is 39.1. The van der Waals surface area contributed by atoms with Gasteiger partial charge in [0.15, 0.2) is 0 Å². The van der Waals surface area contributed by atoms with Gasteiger partial charge in [0.2, 0.25) is 11.8 Å². The standard InChI is InChI=1S/C35H40N4O8/c1-22(2)20-28(24-12-14-25(15-13-24)36-35(47)37-26-16-18-27(40)19-17-26)32(42)39-30(34(45)46)11-7-6-10-29(33(43)44)38-31(41)21-23-8-4-3-5-9-23/h3-9,12-19,22,28-30,40H,10-11,20-21H2,1-2H3,(H,38,41)(H,39,42)(H,43,44)(H,45,46)(H2,36,37,47). The molecule has 0 saturated carbocycles. The van der Waals surface area contributed by atoms with Crippen LogP contribution in [0, 0.1) is 5.92 Å². The predicted octanol–water partition coefficient (Wildman–Crippen LogP) is 4.88. The van der Waals surface area contributed by atoms with Gasteiger partial charge in [-0.15, -0.1) is 0 Å². The van der Waals surface area contributed by atoms with Crippen LogP contribution in [0.4, 0.5) is 16.2 Å². The third kappa shape index (κ3) is 12.3. The summed E-state index contributed by atoms with van der Waals surface area (Å²) in [4.78, 5) is 61.8. The monoisotopic (exact) mass is 644 g/mol. The van der Waals surface area contributed by atoms with Gasteiger partial charge in [-0.3, -0.25) is 9.59 Å². The van der Waals surface area contributed by atoms with Crippen molar-refractivity contribution in [1.29, 1.82) is 0 Å². The van der Waals surface area contributed by atoms with E-state index in [1.807, 2.05) is 19.9 Å². The Hall–Kier alpha value is -5.65. The molecular formula is C35H40N4O8. The lowest BCUT2D eigenvalue weighted by Gasteiger charge is -2.22. The van der Waals surface area contributed by atoms with Crippen LogP contribution in [0.2, 0.25) is 0 Å². The van der Waals surface area contributed by atoms with Gasteiger partial charge in [0.1, 0.15) is 17.8 Å². The molecule has 12 heteroatoms. The Morgan fingerprint density at radius 1 is 0.702 bits per heavy atom. The van der Waals surface area contributed by atoms with Gasteiger partial charge in [-0.1, -0.05) is 68.5 Å². The van der Waals surface area contributed by atoms with Crippen molar-refractivity contribution in [1.82, 2.24) is 10.6 Å². The molecule has 0 bridgehead atoms. The molecule has 12 nitrogen and oxygen atoms in total. The molecule has 0 aromatic heterocycles. The third-order valence-electron chi connectivity index (χ3n) is 7.09. The Kier molecular flexibility index (Phi) is 13.5. The number of aliphatic carboxylic acids is 2. The highest BCUT2D eigenvalue weighted by atomic mass is 16.4. The van der Waals surface area contributed by atoms with E-state index in [2.05, 4.69) is 21.3 Å². The minimum absolute atomic E-state index is 0.0224. The molecule has 3 rings (SSSR count). The van der Waals surface area contributed by atoms with Crippen molar-refractivity contribution in [3.05, 3.63) is 102 Å². The number of carboxylic acid groups (broad SMARTS) is 2. The van der Waals surface area contributed by atoms with Crippen LogP contribution in [0.15, 0.2) is 91.0 Å². The molecule has 0 fully saturated rings. The zero-order valence-corrected chi connectivity index (χ0v) is 26.2. The number of nitrogens with one attached hydrogen (secondary N) is 4. The number of anilines is 2. The first-order valence-electron chi connectivity index (χ1n) is 15.1. The van der Waals surface area contributed by atoms with Crippen LogP contribution in [0.3, 0.4) is 0 Å². The van der Waals surface area contributed by atoms with Gasteiger partial charge in [-0.25, -0.2) is 14.4 Å². The van der Waals surface area contributed by atoms with Crippen molar-refractivity contribution in [3.63, 3.8) is 0 Å². The molecule has 0 heterocycles. The highest BCUT2D eigenvalue weighted by Crippen LogP contribution is 2.26. The number of carboxylic acids is 2. The first-order valence-corrected chi connectivity index (χ1v) is 15.1. The number of urea groups is 1. The van der Waals surface area contributed by atoms with Crippen molar-refractivity contribution in [2.75, 3.05) is 10.6 Å². The van der Waals surface area contributed by atoms with E-state index in [-0.39, 0.29) is 30.9 Å². The number of benzene rings is 3. The number of hydrogen-bond acceptors (Lipinski definition) is 6. The lowest BCUT2D eigenvalue weighted by Crippen LogP contribution is -2.43. The Labute approximate surface area is 272 Å². The molecule has 0 spiro atoms. The van der Waals surface area contributed by atoms with Gasteiger partial charge >= 0.3 is 18.0 Å². The Balaban J connectivity index is 1.58. The zero-order valence-electron chi connectivity index (χ0n) is 26.2. The molecule has 4 amide bonds. The summed E-state index contributed by atoms with van der Waals surface area (Å²) < 4.78 is 0. The average molecular weight is 645 g/mol. The molecule has 3 unspecified atom stereocenters. The summed E-state index contributed by atoms with van der Waals surface area (Å²) in [5.74, 6) is -3.91. The lowest BCUT2D eigenvalue weighted by atomic mass is 9.89. The predicted molar refractivity (Wildman–Crippen MR) is 177 cm³/mol. The minimum atomic E-state index is -1.27. The van der Waals surface area contributed by atoms with Crippen molar-refractivity contribution < 1.29 is 39.3 Å². The van der Waals surface area contributed by atoms with Crippen molar-refractivity contribution in [2.45, 2.75) is 57.5 Å². The highest BCUT2D eigenvalue weighted by molar-refractivity contribution is 5.99. The maximum atomic E-state index is 13.4. The first-order chi connectivity index (χ1) is 22.4. The molecule has 3 aromatic carbocycles. The quantitative estimate of drug-likeness (QED) is 0.0846. The Morgan fingerprint density at radius 3 is 1.72 bits per heavy atom. The largest absolute Gasteiger partial charge is 0.508 e. The number of amides is 4. The van der Waals surface area contributed by atoms with E-state index >= 15 is 0 Å². The molecule has 248 valence electrons. The normalized spacial score (nSPS) is 12.9. The van der Waals surface area contributed by atoms with Crippen LogP contribution in [-0.4, -0.2) is 57.2 Å². The van der Waals surface area contributed by atoms with E-state index in [0.717, 1.165) is 5.56 Å². The molecule has 47 heavy (non-hydrogen) atoms. The summed E-state index contributed by atoms with van der Waals surface area (Å²) in [6, 6.07) is 18.6. The summed E-state index contributed by atoms with van der Waals surface area (Å²) in [6.07, 6.45) is 3.23. The fourth-order valence-electron chi connectivity index (χ4n) is 4.71. The Morgan fingerprint density at radius 2 is 1.21 bits per heavy atom. The van der Waals surface area contributed by atoms with E-state index in [1.54, 1.807) is 60.7 Å². The van der Waals surface area contributed by atoms with E-state index in [0.29, 0.717) is 23.4 Å². The number of carbonyl (C=O) groups excluding carboxylic acids is 3. The molecule has 0 aliphatic carbocycles. The fraction of sp³-hybridized carbons (Fsp3) is 0.286. The summed E-state index contributed by atoms with van der Waals surface area (Å²) >= 11 is 0. The van der Waals surface area contributed by atoms with Crippen LogP contribution >= 0.6 is 0 Å². The zero-order chi connectivity index (χ0) is 34.3. The molecular weight excluding hydrogens is 604 g/mol. The van der Waals surface area contributed by atoms with Crippen molar-refractivity contribution in [2.24, 2.45) is 5.92 Å². The smallest absolute Gasteiger partial charge is 0.326 e. The molecule has 7 N–H and O–H groups in total. The second-order valence-electron chi connectivity index (χ2n) is 11.4.